The van der Waals surface area contributed by atoms with Crippen LogP contribution < -0.4 is 16.0 Å². The number of amides is 1. The van der Waals surface area contributed by atoms with Gasteiger partial charge in [0, 0.05) is 30.4 Å². The molecule has 0 aliphatic carbocycles. The number of morpholine rings is 1. The maximum atomic E-state index is 13.2. The Balaban J connectivity index is 1.17. The highest BCUT2D eigenvalue weighted by Crippen LogP contribution is 2.23. The molecule has 3 aromatic carbocycles. The summed E-state index contributed by atoms with van der Waals surface area (Å²) in [4.78, 5) is 26.7. The molecule has 3 heterocycles. The highest BCUT2D eigenvalue weighted by molar-refractivity contribution is 6.04. The number of anilines is 2. The number of carbonyl (C=O) groups is 1. The lowest BCUT2D eigenvalue weighted by Crippen LogP contribution is -2.56. The first-order valence-electron chi connectivity index (χ1n) is 11.9. The molecule has 2 unspecified atom stereocenters. The van der Waals surface area contributed by atoms with Gasteiger partial charge in [0.05, 0.1) is 23.7 Å². The van der Waals surface area contributed by atoms with E-state index in [0.29, 0.717) is 31.5 Å². The number of nitrogens with zero attached hydrogens (tertiary/aromatic N) is 4. The molecule has 180 valence electrons. The number of nitrogens with one attached hydrogen (secondary N) is 3. The van der Waals surface area contributed by atoms with E-state index in [-0.39, 0.29) is 5.91 Å². The molecule has 0 spiro atoms. The number of carbonyl (C=O) groups excluding carboxylic acids is 1. The molecule has 2 aromatic heterocycles. The smallest absolute Gasteiger partial charge is 0.244 e. The van der Waals surface area contributed by atoms with Gasteiger partial charge >= 0.3 is 0 Å². The summed E-state index contributed by atoms with van der Waals surface area (Å²) in [6, 6.07) is 23.1. The minimum atomic E-state index is -0.522. The van der Waals surface area contributed by atoms with E-state index in [1.54, 1.807) is 12.5 Å². The van der Waals surface area contributed by atoms with Gasteiger partial charge in [-0.05, 0) is 29.7 Å². The van der Waals surface area contributed by atoms with Crippen LogP contribution in [0.25, 0.3) is 27.6 Å². The fourth-order valence-electron chi connectivity index (χ4n) is 4.54. The summed E-state index contributed by atoms with van der Waals surface area (Å²) in [7, 11) is 0. The lowest BCUT2D eigenvalue weighted by Gasteiger charge is -2.32. The van der Waals surface area contributed by atoms with E-state index in [1.165, 1.54) is 0 Å². The maximum Gasteiger partial charge on any atom is 0.244 e. The zero-order valence-corrected chi connectivity index (χ0v) is 19.5. The minimum absolute atomic E-state index is 0.141. The highest BCUT2D eigenvalue weighted by atomic mass is 16.5. The van der Waals surface area contributed by atoms with E-state index < -0.39 is 12.1 Å². The molecule has 5 aromatic rings. The zero-order valence-electron chi connectivity index (χ0n) is 19.5. The monoisotopic (exact) mass is 479 g/mol. The highest BCUT2D eigenvalue weighted by Gasteiger charge is 2.32. The van der Waals surface area contributed by atoms with Gasteiger partial charge in [-0.15, -0.1) is 0 Å². The Bertz CT molecular complexity index is 1530. The molecule has 0 radical (unpaired) electrons. The quantitative estimate of drug-likeness (QED) is 0.343. The number of rotatable bonds is 6. The van der Waals surface area contributed by atoms with Crippen LogP contribution in [0.3, 0.4) is 0 Å². The summed E-state index contributed by atoms with van der Waals surface area (Å²) in [5.74, 6) is 1.01. The van der Waals surface area contributed by atoms with Crippen LogP contribution in [-0.4, -0.2) is 57.3 Å². The number of fused-ring (bicyclic) bond motifs is 2. The number of aromatic nitrogens is 4. The molecule has 1 fully saturated rings. The third kappa shape index (κ3) is 4.37. The predicted octanol–water partition coefficient (Wildman–Crippen LogP) is 3.38. The van der Waals surface area contributed by atoms with Crippen molar-refractivity contribution in [3.8, 4) is 5.82 Å². The topological polar surface area (TPSA) is 106 Å². The van der Waals surface area contributed by atoms with E-state index in [2.05, 4.69) is 30.9 Å². The van der Waals surface area contributed by atoms with Crippen molar-refractivity contribution in [2.75, 3.05) is 30.3 Å². The molecule has 2 atom stereocenters. The molecule has 9 nitrogen and oxygen atoms in total. The van der Waals surface area contributed by atoms with E-state index in [4.69, 9.17) is 4.74 Å². The summed E-state index contributed by atoms with van der Waals surface area (Å²) in [5.41, 5.74) is 2.64. The average Bonchev–Trinajstić information content (AvgIpc) is 3.37. The van der Waals surface area contributed by atoms with Crippen molar-refractivity contribution in [3.63, 3.8) is 0 Å². The number of para-hydroxylation sites is 2. The summed E-state index contributed by atoms with van der Waals surface area (Å²) in [6.07, 6.45) is 3.05. The van der Waals surface area contributed by atoms with Crippen LogP contribution in [0.2, 0.25) is 0 Å². The summed E-state index contributed by atoms with van der Waals surface area (Å²) in [6.45, 7) is 1.49. The van der Waals surface area contributed by atoms with Gasteiger partial charge in [-0.2, -0.15) is 4.98 Å². The van der Waals surface area contributed by atoms with Crippen molar-refractivity contribution in [1.82, 2.24) is 24.8 Å². The number of hydrogen-bond acceptors (Lipinski definition) is 7. The first-order chi connectivity index (χ1) is 17.8. The van der Waals surface area contributed by atoms with Gasteiger partial charge in [0.15, 0.2) is 0 Å². The van der Waals surface area contributed by atoms with E-state index in [1.807, 2.05) is 77.4 Å². The second-order valence-electron chi connectivity index (χ2n) is 8.58. The van der Waals surface area contributed by atoms with Gasteiger partial charge in [-0.25, -0.2) is 9.97 Å². The molecule has 1 aliphatic heterocycles. The van der Waals surface area contributed by atoms with Crippen LogP contribution in [0, 0.1) is 0 Å². The standard InChI is InChI=1S/C27H25N7O2/c35-26(32-20-10-5-7-18-6-1-2-8-19(18)20)25-23(36-15-14-28-25)16-30-27-29-13-12-24(33-27)34-17-31-21-9-3-4-11-22(21)34/h1-13,17,23,25,28H,14-16H2,(H,32,35)(H,29,30,33). The van der Waals surface area contributed by atoms with Crippen LogP contribution in [0.5, 0.6) is 0 Å². The molecule has 1 saturated heterocycles. The normalized spacial score (nSPS) is 17.8. The number of imidazole rings is 1. The Labute approximate surface area is 207 Å². The fraction of sp³-hybridized carbons (Fsp3) is 0.185. The zero-order chi connectivity index (χ0) is 24.3. The lowest BCUT2D eigenvalue weighted by atomic mass is 10.1. The van der Waals surface area contributed by atoms with E-state index >= 15 is 0 Å². The molecule has 0 saturated carbocycles. The Morgan fingerprint density at radius 1 is 1.03 bits per heavy atom. The Morgan fingerprint density at radius 3 is 2.86 bits per heavy atom. The third-order valence-corrected chi connectivity index (χ3v) is 6.30. The van der Waals surface area contributed by atoms with Gasteiger partial charge in [0.25, 0.3) is 0 Å². The maximum absolute atomic E-state index is 13.2. The third-order valence-electron chi connectivity index (χ3n) is 6.30. The van der Waals surface area contributed by atoms with Crippen molar-refractivity contribution >= 4 is 39.3 Å². The minimum Gasteiger partial charge on any atom is -0.373 e. The van der Waals surface area contributed by atoms with Crippen LogP contribution in [0.4, 0.5) is 11.6 Å². The van der Waals surface area contributed by atoms with Crippen molar-refractivity contribution in [1.29, 1.82) is 0 Å². The molecule has 36 heavy (non-hydrogen) atoms. The summed E-state index contributed by atoms with van der Waals surface area (Å²) in [5, 5.41) is 11.7. The van der Waals surface area contributed by atoms with Gasteiger partial charge in [0.1, 0.15) is 18.2 Å². The van der Waals surface area contributed by atoms with Crippen molar-refractivity contribution < 1.29 is 9.53 Å². The molecular weight excluding hydrogens is 454 g/mol. The van der Waals surface area contributed by atoms with Crippen LogP contribution >= 0.6 is 0 Å². The second-order valence-corrected chi connectivity index (χ2v) is 8.58. The molecule has 0 bridgehead atoms. The van der Waals surface area contributed by atoms with Gasteiger partial charge in [-0.1, -0.05) is 48.5 Å². The predicted molar refractivity (Wildman–Crippen MR) is 139 cm³/mol. The molecule has 9 heteroatoms. The first-order valence-corrected chi connectivity index (χ1v) is 11.9. The fourth-order valence-corrected chi connectivity index (χ4v) is 4.54. The number of benzene rings is 3. The molecule has 3 N–H and O–H groups in total. The number of ether oxygens (including phenoxy) is 1. The van der Waals surface area contributed by atoms with Gasteiger partial charge < -0.3 is 20.7 Å². The summed E-state index contributed by atoms with van der Waals surface area (Å²) >= 11 is 0. The van der Waals surface area contributed by atoms with Gasteiger partial charge in [-0.3, -0.25) is 9.36 Å². The van der Waals surface area contributed by atoms with Crippen molar-refractivity contribution in [3.05, 3.63) is 85.3 Å². The van der Waals surface area contributed by atoms with Crippen LogP contribution in [0.1, 0.15) is 0 Å². The van der Waals surface area contributed by atoms with Crippen molar-refractivity contribution in [2.45, 2.75) is 12.1 Å². The molecule has 1 aliphatic rings. The Morgan fingerprint density at radius 2 is 1.89 bits per heavy atom. The second kappa shape index (κ2) is 9.73. The SMILES string of the molecule is O=C(Nc1cccc2ccccc12)C1NCCOC1CNc1nccc(-n2cnc3ccccc32)n1. The lowest BCUT2D eigenvalue weighted by molar-refractivity contribution is -0.123. The van der Waals surface area contributed by atoms with E-state index in [0.717, 1.165) is 27.5 Å². The first kappa shape index (κ1) is 22.1. The van der Waals surface area contributed by atoms with Gasteiger partial charge in [0.2, 0.25) is 11.9 Å². The largest absolute Gasteiger partial charge is 0.373 e. The summed E-state index contributed by atoms with van der Waals surface area (Å²) < 4.78 is 7.88. The average molecular weight is 480 g/mol. The Kier molecular flexibility index (Phi) is 5.98. The molecular formula is C27H25N7O2. The van der Waals surface area contributed by atoms with Crippen molar-refractivity contribution in [2.24, 2.45) is 0 Å². The van der Waals surface area contributed by atoms with Crippen LogP contribution in [0.15, 0.2) is 85.3 Å². The van der Waals surface area contributed by atoms with Crippen LogP contribution in [-0.2, 0) is 9.53 Å². The number of hydrogen-bond donors (Lipinski definition) is 3. The molecule has 1 amide bonds. The molecule has 6 rings (SSSR count). The van der Waals surface area contributed by atoms with E-state index in [9.17, 15) is 4.79 Å². The Hall–Kier alpha value is -4.34.